The molecule has 1 aromatic rings. The molecule has 1 amide bonds. The molecule has 7 aliphatic rings. The summed E-state index contributed by atoms with van der Waals surface area (Å²) in [5.41, 5.74) is 4.12. The summed E-state index contributed by atoms with van der Waals surface area (Å²) in [4.78, 5) is 29.3. The molecule has 63 heavy (non-hydrogen) atoms. The summed E-state index contributed by atoms with van der Waals surface area (Å²) in [6.07, 6.45) is 54.5. The number of aromatic carboxylic acids is 1. The van der Waals surface area contributed by atoms with Crippen LogP contribution < -0.4 is 5.32 Å². The number of carbonyl (C=O) groups excluding carboxylic acids is 1. The number of carboxylic acids is 1. The summed E-state index contributed by atoms with van der Waals surface area (Å²) in [6, 6.07) is 7.65. The summed E-state index contributed by atoms with van der Waals surface area (Å²) in [5.74, 6) is 3.84. The Labute approximate surface area is 386 Å². The first-order valence-corrected chi connectivity index (χ1v) is 24.1. The number of hydrogen-bond donors (Lipinski definition) is 2. The number of nitrogens with zero attached hydrogens (tertiary/aromatic N) is 2. The van der Waals surface area contributed by atoms with Gasteiger partial charge in [-0.2, -0.15) is 0 Å². The van der Waals surface area contributed by atoms with E-state index < -0.39 is 5.97 Å². The van der Waals surface area contributed by atoms with Crippen molar-refractivity contribution in [2.75, 3.05) is 39.3 Å². The minimum Gasteiger partial charge on any atom is -0.478 e. The van der Waals surface area contributed by atoms with Crippen molar-refractivity contribution in [3.05, 3.63) is 54.1 Å². The topological polar surface area (TPSA) is 72.9 Å². The van der Waals surface area contributed by atoms with E-state index in [0.717, 1.165) is 82.2 Å². The fraction of sp³-hybridized carbons (Fsp3) is 0.649. The third kappa shape index (κ3) is 11.4. The average molecular weight is 860 g/mol. The van der Waals surface area contributed by atoms with Crippen LogP contribution in [0.5, 0.6) is 0 Å². The molecule has 0 aromatic heterocycles. The van der Waals surface area contributed by atoms with Crippen molar-refractivity contribution in [3.63, 3.8) is 0 Å². The molecular weight excluding hydrogens is 775 g/mol. The molecule has 0 radical (unpaired) electrons. The molecule has 6 fully saturated rings. The Hall–Kier alpha value is -4.20. The number of benzene rings is 1. The third-order valence-corrected chi connectivity index (χ3v) is 16.8. The second-order valence-electron chi connectivity index (χ2n) is 19.6. The Bertz CT molecular complexity index is 1680. The molecule has 5 saturated carbocycles. The number of rotatable bonds is 7. The Kier molecular flexibility index (Phi) is 22.1. The number of amides is 1. The van der Waals surface area contributed by atoms with E-state index in [-0.39, 0.29) is 5.41 Å². The molecule has 6 nitrogen and oxygen atoms in total. The number of piperazine rings is 1. The molecule has 346 valence electrons. The maximum absolute atomic E-state index is 13.0. The van der Waals surface area contributed by atoms with Crippen molar-refractivity contribution >= 4 is 17.4 Å². The molecular formula is C57H85N3O3. The minimum absolute atomic E-state index is 0.0607. The zero-order chi connectivity index (χ0) is 47.6. The van der Waals surface area contributed by atoms with E-state index in [9.17, 15) is 14.7 Å². The lowest BCUT2D eigenvalue weighted by molar-refractivity contribution is -0.172. The number of carboxylic acid groups (broad SMARTS) is 1. The zero-order valence-corrected chi connectivity index (χ0v) is 40.6. The lowest BCUT2D eigenvalue weighted by atomic mass is 9.37. The van der Waals surface area contributed by atoms with Crippen molar-refractivity contribution in [1.29, 1.82) is 0 Å². The summed E-state index contributed by atoms with van der Waals surface area (Å²) in [7, 11) is 0. The van der Waals surface area contributed by atoms with E-state index >= 15 is 0 Å². The van der Waals surface area contributed by atoms with Gasteiger partial charge in [-0.3, -0.25) is 9.69 Å². The van der Waals surface area contributed by atoms with E-state index in [1.807, 2.05) is 32.9 Å². The van der Waals surface area contributed by atoms with Crippen LogP contribution in [0.15, 0.2) is 43.0 Å². The molecule has 6 aliphatic carbocycles. The van der Waals surface area contributed by atoms with Gasteiger partial charge in [-0.15, -0.1) is 58.0 Å². The highest BCUT2D eigenvalue weighted by molar-refractivity contribution is 5.88. The quantitative estimate of drug-likeness (QED) is 0.211. The molecule has 1 heterocycles. The first kappa shape index (κ1) is 54.9. The van der Waals surface area contributed by atoms with E-state index in [1.54, 1.807) is 18.2 Å². The predicted molar refractivity (Wildman–Crippen MR) is 267 cm³/mol. The van der Waals surface area contributed by atoms with Crippen LogP contribution in [0.1, 0.15) is 154 Å². The van der Waals surface area contributed by atoms with Gasteiger partial charge in [0.1, 0.15) is 0 Å². The SMILES string of the molecule is C#C.C#C.C#C.C#C.C=CC.CC.CC1(C)C(c2ccc(C(=O)O)cc2)=CC[C@@]2(C)C1CC[C@@]1(C)C3CC[C@@]4(NCCN5CCN(C(=O)C6CCCC6)CC5)CCCC4[C@H]3CCC12. The van der Waals surface area contributed by atoms with Gasteiger partial charge < -0.3 is 15.3 Å². The van der Waals surface area contributed by atoms with Crippen LogP contribution >= 0.6 is 0 Å². The monoisotopic (exact) mass is 860 g/mol. The second-order valence-corrected chi connectivity index (χ2v) is 19.6. The Morgan fingerprint density at radius 3 is 1.90 bits per heavy atom. The highest BCUT2D eigenvalue weighted by Crippen LogP contribution is 2.72. The second kappa shape index (κ2) is 25.3. The van der Waals surface area contributed by atoms with Gasteiger partial charge >= 0.3 is 5.97 Å². The van der Waals surface area contributed by atoms with Crippen LogP contribution in [0.25, 0.3) is 5.57 Å². The Morgan fingerprint density at radius 1 is 0.746 bits per heavy atom. The highest BCUT2D eigenvalue weighted by Gasteiger charge is 2.65. The van der Waals surface area contributed by atoms with Gasteiger partial charge in [0.05, 0.1) is 5.56 Å². The van der Waals surface area contributed by atoms with Crippen LogP contribution in [-0.2, 0) is 4.79 Å². The molecule has 1 saturated heterocycles. The van der Waals surface area contributed by atoms with Gasteiger partial charge in [0.15, 0.2) is 0 Å². The number of nitrogens with one attached hydrogen (secondary N) is 1. The minimum atomic E-state index is -0.852. The predicted octanol–water partition coefficient (Wildman–Crippen LogP) is 11.7. The summed E-state index contributed by atoms with van der Waals surface area (Å²) >= 11 is 0. The van der Waals surface area contributed by atoms with E-state index in [0.29, 0.717) is 39.7 Å². The van der Waals surface area contributed by atoms with Crippen molar-refractivity contribution in [1.82, 2.24) is 15.1 Å². The summed E-state index contributed by atoms with van der Waals surface area (Å²) < 4.78 is 0. The lowest BCUT2D eigenvalue weighted by Crippen LogP contribution is -2.64. The lowest BCUT2D eigenvalue weighted by Gasteiger charge is -2.68. The molecule has 0 bridgehead atoms. The molecule has 2 N–H and O–H groups in total. The van der Waals surface area contributed by atoms with Crippen LogP contribution in [0, 0.1) is 103 Å². The molecule has 0 spiro atoms. The highest BCUT2D eigenvalue weighted by atomic mass is 16.4. The van der Waals surface area contributed by atoms with Gasteiger partial charge in [0.25, 0.3) is 0 Å². The molecule has 8 rings (SSSR count). The van der Waals surface area contributed by atoms with E-state index in [2.05, 4.69) is 107 Å². The van der Waals surface area contributed by atoms with Crippen LogP contribution in [0.3, 0.4) is 0 Å². The van der Waals surface area contributed by atoms with Crippen molar-refractivity contribution < 1.29 is 14.7 Å². The third-order valence-electron chi connectivity index (χ3n) is 16.8. The molecule has 4 unspecified atom stereocenters. The first-order chi connectivity index (χ1) is 30.4. The average Bonchev–Trinajstić information content (AvgIpc) is 4.02. The molecule has 6 heteroatoms. The smallest absolute Gasteiger partial charge is 0.335 e. The van der Waals surface area contributed by atoms with Crippen LogP contribution in [-0.4, -0.2) is 71.6 Å². The summed E-state index contributed by atoms with van der Waals surface area (Å²) in [6.45, 7) is 25.7. The van der Waals surface area contributed by atoms with Crippen molar-refractivity contribution in [2.45, 2.75) is 144 Å². The maximum Gasteiger partial charge on any atom is 0.335 e. The zero-order valence-electron chi connectivity index (χ0n) is 40.6. The fourth-order valence-corrected chi connectivity index (χ4v) is 14.5. The van der Waals surface area contributed by atoms with Gasteiger partial charge in [0, 0.05) is 50.7 Å². The fourth-order valence-electron chi connectivity index (χ4n) is 14.5. The molecule has 1 aromatic carbocycles. The number of terminal acetylenes is 4. The van der Waals surface area contributed by atoms with Gasteiger partial charge in [-0.1, -0.05) is 85.1 Å². The molecule has 8 atom stereocenters. The number of hydrogen-bond acceptors (Lipinski definition) is 4. The van der Waals surface area contributed by atoms with E-state index in [1.165, 1.54) is 81.8 Å². The van der Waals surface area contributed by atoms with Crippen molar-refractivity contribution in [3.8, 4) is 51.4 Å². The number of fused-ring (bicyclic) bond motifs is 7. The van der Waals surface area contributed by atoms with E-state index in [4.69, 9.17) is 0 Å². The largest absolute Gasteiger partial charge is 0.478 e. The number of carbonyl (C=O) groups is 2. The van der Waals surface area contributed by atoms with Crippen LogP contribution in [0.2, 0.25) is 0 Å². The maximum atomic E-state index is 13.0. The van der Waals surface area contributed by atoms with Gasteiger partial charge in [0.2, 0.25) is 5.91 Å². The van der Waals surface area contributed by atoms with Gasteiger partial charge in [-0.25, -0.2) is 4.79 Å². The first-order valence-electron chi connectivity index (χ1n) is 24.1. The van der Waals surface area contributed by atoms with Crippen LogP contribution in [0.4, 0.5) is 0 Å². The Balaban J connectivity index is 0.000000960. The molecule has 1 aliphatic heterocycles. The Morgan fingerprint density at radius 2 is 1.33 bits per heavy atom. The van der Waals surface area contributed by atoms with Gasteiger partial charge in [-0.05, 0) is 147 Å². The normalized spacial score (nSPS) is 32.1. The number of allylic oxidation sites excluding steroid dienone is 3. The standard InChI is InChI=1S/C44H65N3O3.C3H6.C2H6.4C2H2/c1-41(2)34(30-11-13-32(14-12-30)40(49)50)17-21-43(4)37(41)19-22-42(3)35-18-23-44(20-7-10-36(44)33(35)15-16-38(42)43)45-24-25-46-26-28-47(29-27-46)39(48)31-8-5-6-9-31;1-3-2;5*1-2/h11-14,17,31,33,35-38,45H,5-10,15-16,18-29H2,1-4H3,(H,49,50);3H,1H2,2H3;1-2H3;4*1-2H/t33-,35?,36?,37?,38?,42-,43-,44-;;;;;;/m0....../s1. The van der Waals surface area contributed by atoms with Crippen molar-refractivity contribution in [2.24, 2.45) is 51.8 Å². The summed E-state index contributed by atoms with van der Waals surface area (Å²) in [5, 5.41) is 13.7.